The van der Waals surface area contributed by atoms with E-state index in [1.165, 1.54) is 6.08 Å². The number of hydrogen-bond acceptors (Lipinski definition) is 8. The minimum absolute atomic E-state index is 0.146. The summed E-state index contributed by atoms with van der Waals surface area (Å²) in [6, 6.07) is 5.55. The first kappa shape index (κ1) is 31.3. The van der Waals surface area contributed by atoms with Gasteiger partial charge < -0.3 is 14.7 Å². The van der Waals surface area contributed by atoms with E-state index in [2.05, 4.69) is 37.9 Å². The summed E-state index contributed by atoms with van der Waals surface area (Å²) < 4.78 is 20.7. The molecule has 7 rings (SSSR count). The Kier molecular flexibility index (Phi) is 7.82. The van der Waals surface area contributed by atoms with Gasteiger partial charge in [-0.15, -0.1) is 5.10 Å². The first-order chi connectivity index (χ1) is 22.5. The lowest BCUT2D eigenvalue weighted by molar-refractivity contribution is -0.130. The normalized spacial score (nSPS) is 18.8. The molecule has 0 radical (unpaired) electrons. The molecule has 47 heavy (non-hydrogen) atoms. The molecule has 242 valence electrons. The van der Waals surface area contributed by atoms with Gasteiger partial charge in [0.2, 0.25) is 5.91 Å². The van der Waals surface area contributed by atoms with Gasteiger partial charge in [-0.2, -0.15) is 10.4 Å². The van der Waals surface area contributed by atoms with Crippen molar-refractivity contribution in [3.05, 3.63) is 52.4 Å². The van der Waals surface area contributed by atoms with Gasteiger partial charge in [-0.05, 0) is 57.6 Å². The van der Waals surface area contributed by atoms with Crippen LogP contribution in [0, 0.1) is 24.1 Å². The molecule has 3 aromatic heterocycles. The number of aryl methyl sites for hydroxylation is 1. The van der Waals surface area contributed by atoms with Crippen LogP contribution in [0.15, 0.2) is 31.0 Å². The SMILES string of the molecule is C=CC(=O)N1CC[C@H](n2nnc3c(N4CC(N(C)C)C4)nc4c(F)c(-c5c(C)c(Cl)cc6c5cnn6C)c(Cl)cc4c32)C[C@H]1CC#N. The van der Waals surface area contributed by atoms with Crippen molar-refractivity contribution in [1.82, 2.24) is 39.6 Å². The summed E-state index contributed by atoms with van der Waals surface area (Å²) in [5, 5.41) is 25.0. The van der Waals surface area contributed by atoms with Crippen LogP contribution in [0.4, 0.5) is 10.2 Å². The van der Waals surface area contributed by atoms with E-state index in [1.807, 2.05) is 38.8 Å². The molecule has 0 bridgehead atoms. The minimum atomic E-state index is -0.572. The van der Waals surface area contributed by atoms with Crippen molar-refractivity contribution < 1.29 is 9.18 Å². The summed E-state index contributed by atoms with van der Waals surface area (Å²) in [6.45, 7) is 7.29. The quantitative estimate of drug-likeness (QED) is 0.212. The molecule has 2 aromatic carbocycles. The molecular weight excluding hydrogens is 642 g/mol. The van der Waals surface area contributed by atoms with Crippen molar-refractivity contribution in [2.45, 2.75) is 44.3 Å². The maximum Gasteiger partial charge on any atom is 0.246 e. The van der Waals surface area contributed by atoms with Gasteiger partial charge in [-0.3, -0.25) is 9.48 Å². The molecule has 0 aliphatic carbocycles. The predicted octanol–water partition coefficient (Wildman–Crippen LogP) is 5.67. The average molecular weight is 676 g/mol. The lowest BCUT2D eigenvalue weighted by Crippen LogP contribution is -2.57. The van der Waals surface area contributed by atoms with Gasteiger partial charge in [-0.1, -0.05) is 35.0 Å². The van der Waals surface area contributed by atoms with E-state index in [0.29, 0.717) is 76.9 Å². The molecule has 2 fully saturated rings. The number of carbonyl (C=O) groups is 1. The van der Waals surface area contributed by atoms with Crippen LogP contribution in [-0.2, 0) is 11.8 Å². The highest BCUT2D eigenvalue weighted by Crippen LogP contribution is 2.45. The number of nitrogens with zero attached hydrogens (tertiary/aromatic N) is 10. The molecule has 0 N–H and O–H groups in total. The highest BCUT2D eigenvalue weighted by Gasteiger charge is 2.36. The molecule has 2 atom stereocenters. The van der Waals surface area contributed by atoms with Crippen LogP contribution in [0.1, 0.15) is 30.9 Å². The summed E-state index contributed by atoms with van der Waals surface area (Å²) in [6.07, 6.45) is 4.18. The number of amides is 1. The Bertz CT molecular complexity index is 2150. The topological polar surface area (TPSA) is 112 Å². The van der Waals surface area contributed by atoms with Gasteiger partial charge in [0.25, 0.3) is 0 Å². The van der Waals surface area contributed by atoms with Crippen LogP contribution in [0.5, 0.6) is 0 Å². The number of likely N-dealkylation sites (N-methyl/N-ethyl adjacent to an activating group) is 1. The van der Waals surface area contributed by atoms with E-state index >= 15 is 4.39 Å². The van der Waals surface area contributed by atoms with Gasteiger partial charge in [0.05, 0.1) is 35.3 Å². The minimum Gasteiger partial charge on any atom is -0.351 e. The number of nitriles is 1. The number of anilines is 1. The molecule has 1 amide bonds. The van der Waals surface area contributed by atoms with Crippen LogP contribution < -0.4 is 4.90 Å². The zero-order valence-electron chi connectivity index (χ0n) is 26.5. The number of likely N-dealkylation sites (tertiary alicyclic amines) is 1. The van der Waals surface area contributed by atoms with Gasteiger partial charge >= 0.3 is 0 Å². The molecule has 2 aliphatic rings. The van der Waals surface area contributed by atoms with Crippen molar-refractivity contribution in [2.24, 2.45) is 7.05 Å². The van der Waals surface area contributed by atoms with E-state index < -0.39 is 5.82 Å². The molecule has 0 saturated carbocycles. The maximum absolute atomic E-state index is 17.2. The van der Waals surface area contributed by atoms with Crippen LogP contribution >= 0.6 is 23.2 Å². The van der Waals surface area contributed by atoms with Crippen LogP contribution in [-0.4, -0.2) is 91.3 Å². The maximum atomic E-state index is 17.2. The molecule has 0 unspecified atom stereocenters. The van der Waals surface area contributed by atoms with Crippen LogP contribution in [0.2, 0.25) is 10.0 Å². The smallest absolute Gasteiger partial charge is 0.246 e. The van der Waals surface area contributed by atoms with E-state index in [-0.39, 0.29) is 40.5 Å². The van der Waals surface area contributed by atoms with Crippen molar-refractivity contribution >= 4 is 67.8 Å². The Balaban J connectivity index is 1.45. The third-order valence-corrected chi connectivity index (χ3v) is 10.5. The molecule has 0 spiro atoms. The third-order valence-electron chi connectivity index (χ3n) is 9.78. The van der Waals surface area contributed by atoms with Crippen LogP contribution in [0.25, 0.3) is 44.0 Å². The predicted molar refractivity (Wildman–Crippen MR) is 181 cm³/mol. The number of piperidine rings is 1. The van der Waals surface area contributed by atoms with Gasteiger partial charge in [0.1, 0.15) is 11.0 Å². The third kappa shape index (κ3) is 4.91. The van der Waals surface area contributed by atoms with Crippen molar-refractivity contribution in [3.8, 4) is 17.2 Å². The standard InChI is InChI=1S/C33H33Cl2FN10O/c1-6-26(47)45-10-8-19(11-18(45)7-9-37)46-32-21-12-24(35)28(27-17(2)23(34)13-25-22(27)14-38-43(25)5)29(36)30(21)39-33(31(32)40-41-46)44-15-20(16-44)42(3)4/h6,12-14,18-20H,1,7-8,10-11,15-16H2,2-5H3/t18-,19+/m1/s1. The largest absolute Gasteiger partial charge is 0.351 e. The molecule has 5 aromatic rings. The lowest BCUT2D eigenvalue weighted by Gasteiger charge is -2.43. The van der Waals surface area contributed by atoms with E-state index in [9.17, 15) is 10.1 Å². The zero-order chi connectivity index (χ0) is 33.3. The highest BCUT2D eigenvalue weighted by molar-refractivity contribution is 6.36. The fraction of sp³-hybridized carbons (Fsp3) is 0.394. The number of pyridine rings is 1. The molecule has 2 saturated heterocycles. The molecule has 11 nitrogen and oxygen atoms in total. The zero-order valence-corrected chi connectivity index (χ0v) is 28.0. The number of halogens is 3. The van der Waals surface area contributed by atoms with Gasteiger partial charge in [0.15, 0.2) is 17.2 Å². The number of aromatic nitrogens is 6. The fourth-order valence-corrected chi connectivity index (χ4v) is 7.54. The lowest BCUT2D eigenvalue weighted by atomic mass is 9.93. The Morgan fingerprint density at radius 2 is 1.96 bits per heavy atom. The summed E-state index contributed by atoms with van der Waals surface area (Å²) >= 11 is 13.7. The van der Waals surface area contributed by atoms with E-state index in [0.717, 1.165) is 10.9 Å². The second-order valence-electron chi connectivity index (χ2n) is 12.6. The second kappa shape index (κ2) is 11.7. The fourth-order valence-electron chi connectivity index (χ4n) is 7.05. The number of carbonyl (C=O) groups excluding carboxylic acids is 1. The second-order valence-corrected chi connectivity index (χ2v) is 13.4. The van der Waals surface area contributed by atoms with Gasteiger partial charge in [-0.25, -0.2) is 14.1 Å². The molecular formula is C33H33Cl2FN10O. The molecule has 14 heteroatoms. The number of fused-ring (bicyclic) bond motifs is 4. The summed E-state index contributed by atoms with van der Waals surface area (Å²) in [5.74, 6) is -0.235. The van der Waals surface area contributed by atoms with E-state index in [4.69, 9.17) is 28.2 Å². The van der Waals surface area contributed by atoms with Crippen molar-refractivity contribution in [3.63, 3.8) is 0 Å². The van der Waals surface area contributed by atoms with Crippen LogP contribution in [0.3, 0.4) is 0 Å². The number of benzene rings is 2. The molecule has 5 heterocycles. The van der Waals surface area contributed by atoms with E-state index in [1.54, 1.807) is 21.8 Å². The summed E-state index contributed by atoms with van der Waals surface area (Å²) in [7, 11) is 5.87. The molecule has 2 aliphatic heterocycles. The number of hydrogen-bond donors (Lipinski definition) is 0. The van der Waals surface area contributed by atoms with Crippen molar-refractivity contribution in [2.75, 3.05) is 38.6 Å². The summed E-state index contributed by atoms with van der Waals surface area (Å²) in [5.41, 5.74) is 3.51. The average Bonchev–Trinajstić information content (AvgIpc) is 3.62. The Labute approximate surface area is 280 Å². The van der Waals surface area contributed by atoms with Crippen molar-refractivity contribution in [1.29, 1.82) is 5.26 Å². The first-order valence-electron chi connectivity index (χ1n) is 15.4. The Hall–Kier alpha value is -4.31. The first-order valence-corrected chi connectivity index (χ1v) is 16.2. The highest BCUT2D eigenvalue weighted by atomic mass is 35.5. The Morgan fingerprint density at radius 1 is 1.19 bits per heavy atom. The monoisotopic (exact) mass is 674 g/mol. The Morgan fingerprint density at radius 3 is 2.66 bits per heavy atom. The van der Waals surface area contributed by atoms with Gasteiger partial charge in [0, 0.05) is 65.7 Å². The number of rotatable bonds is 6. The summed E-state index contributed by atoms with van der Waals surface area (Å²) in [4.78, 5) is 23.5.